The molecule has 1 aromatic carbocycles. The van der Waals surface area contributed by atoms with Crippen LogP contribution >= 0.6 is 0 Å². The molecule has 1 aliphatic heterocycles. The fourth-order valence-corrected chi connectivity index (χ4v) is 2.61. The Hall–Kier alpha value is -3.02. The normalized spacial score (nSPS) is 15.4. The van der Waals surface area contributed by atoms with Crippen molar-refractivity contribution in [3.8, 4) is 11.5 Å². The van der Waals surface area contributed by atoms with E-state index < -0.39 is 34.8 Å². The zero-order chi connectivity index (χ0) is 21.9. The first kappa shape index (κ1) is 22.3. The average molecular weight is 406 g/mol. The number of benzene rings is 1. The van der Waals surface area contributed by atoms with Gasteiger partial charge in [-0.05, 0) is 42.2 Å². The lowest BCUT2D eigenvalue weighted by Crippen LogP contribution is -2.15. The fraction of sp³-hybridized carbons (Fsp3) is 0.217. The van der Waals surface area contributed by atoms with Gasteiger partial charge in [-0.2, -0.15) is 8.78 Å². The van der Waals surface area contributed by atoms with Crippen molar-refractivity contribution in [3.05, 3.63) is 95.4 Å². The van der Waals surface area contributed by atoms with Gasteiger partial charge in [-0.25, -0.2) is 8.78 Å². The minimum absolute atomic E-state index is 0.00591. The third-order valence-corrected chi connectivity index (χ3v) is 4.35. The van der Waals surface area contributed by atoms with Crippen molar-refractivity contribution in [2.24, 2.45) is 0 Å². The minimum atomic E-state index is -1.29. The van der Waals surface area contributed by atoms with Crippen molar-refractivity contribution in [2.45, 2.75) is 26.7 Å². The highest BCUT2D eigenvalue weighted by atomic mass is 19.2. The fourth-order valence-electron chi connectivity index (χ4n) is 2.61. The van der Waals surface area contributed by atoms with Crippen LogP contribution in [0, 0.1) is 11.6 Å². The summed E-state index contributed by atoms with van der Waals surface area (Å²) in [6, 6.07) is 1.29. The van der Waals surface area contributed by atoms with Gasteiger partial charge in [-0.3, -0.25) is 0 Å². The standard InChI is InChI=1S/C23H22F4O2/c1-7-12(3)17(24)10-13(4)15(6)19(25)22-14(5)9-16-11-18(28-8-2)20(26)21(27)23(16)29-22/h10-11H,3-9H2,1-2H3/b17-10+,22-19-. The molecule has 0 aliphatic carbocycles. The molecule has 0 radical (unpaired) electrons. The molecule has 6 heteroatoms. The molecule has 0 aromatic heterocycles. The van der Waals surface area contributed by atoms with Crippen LogP contribution in [-0.4, -0.2) is 6.61 Å². The molecule has 2 rings (SSSR count). The molecule has 0 saturated carbocycles. The third kappa shape index (κ3) is 4.53. The molecule has 1 heterocycles. The molecule has 1 aliphatic rings. The topological polar surface area (TPSA) is 18.5 Å². The molecule has 0 amide bonds. The van der Waals surface area contributed by atoms with Crippen molar-refractivity contribution in [1.29, 1.82) is 0 Å². The van der Waals surface area contributed by atoms with Gasteiger partial charge < -0.3 is 9.47 Å². The van der Waals surface area contributed by atoms with E-state index in [2.05, 4.69) is 26.3 Å². The van der Waals surface area contributed by atoms with E-state index >= 15 is 0 Å². The Balaban J connectivity index is 2.41. The summed E-state index contributed by atoms with van der Waals surface area (Å²) in [5.41, 5.74) is 0.350. The summed E-state index contributed by atoms with van der Waals surface area (Å²) >= 11 is 0. The van der Waals surface area contributed by atoms with Gasteiger partial charge in [0.1, 0.15) is 5.83 Å². The average Bonchev–Trinajstić information content (AvgIpc) is 2.69. The molecule has 0 unspecified atom stereocenters. The number of hydrogen-bond acceptors (Lipinski definition) is 2. The Labute approximate surface area is 167 Å². The Morgan fingerprint density at radius 1 is 1.17 bits per heavy atom. The molecule has 0 saturated heterocycles. The van der Waals surface area contributed by atoms with Crippen LogP contribution in [-0.2, 0) is 6.42 Å². The number of fused-ring (bicyclic) bond motifs is 1. The van der Waals surface area contributed by atoms with Crippen LogP contribution in [0.25, 0.3) is 0 Å². The number of halogens is 4. The summed E-state index contributed by atoms with van der Waals surface area (Å²) in [4.78, 5) is 0. The molecule has 29 heavy (non-hydrogen) atoms. The van der Waals surface area contributed by atoms with Gasteiger partial charge in [0, 0.05) is 17.6 Å². The second-order valence-corrected chi connectivity index (χ2v) is 6.40. The highest BCUT2D eigenvalue weighted by Crippen LogP contribution is 2.41. The van der Waals surface area contributed by atoms with Crippen LogP contribution in [0.4, 0.5) is 17.6 Å². The molecular weight excluding hydrogens is 384 g/mol. The van der Waals surface area contributed by atoms with E-state index in [1.165, 1.54) is 6.07 Å². The van der Waals surface area contributed by atoms with Crippen LogP contribution in [0.3, 0.4) is 0 Å². The van der Waals surface area contributed by atoms with E-state index in [9.17, 15) is 17.6 Å². The van der Waals surface area contributed by atoms with Crippen LogP contribution < -0.4 is 9.47 Å². The predicted molar refractivity (Wildman–Crippen MR) is 106 cm³/mol. The maximum absolute atomic E-state index is 15.0. The summed E-state index contributed by atoms with van der Waals surface area (Å²) in [6.07, 6.45) is 1.38. The van der Waals surface area contributed by atoms with Gasteiger partial charge in [-0.1, -0.05) is 33.2 Å². The van der Waals surface area contributed by atoms with Crippen LogP contribution in [0.15, 0.2) is 78.2 Å². The molecule has 0 N–H and O–H groups in total. The Morgan fingerprint density at radius 3 is 2.41 bits per heavy atom. The first-order chi connectivity index (χ1) is 13.6. The van der Waals surface area contributed by atoms with Gasteiger partial charge in [0.2, 0.25) is 11.6 Å². The summed E-state index contributed by atoms with van der Waals surface area (Å²) in [5.74, 6) is -5.30. The van der Waals surface area contributed by atoms with Crippen molar-refractivity contribution < 1.29 is 27.0 Å². The first-order valence-electron chi connectivity index (χ1n) is 8.95. The number of hydrogen-bond donors (Lipinski definition) is 0. The maximum Gasteiger partial charge on any atom is 0.205 e. The second kappa shape index (κ2) is 8.99. The highest BCUT2D eigenvalue weighted by Gasteiger charge is 2.29. The molecule has 2 nitrogen and oxygen atoms in total. The molecule has 154 valence electrons. The summed E-state index contributed by atoms with van der Waals surface area (Å²) in [6.45, 7) is 17.9. The third-order valence-electron chi connectivity index (χ3n) is 4.35. The smallest absolute Gasteiger partial charge is 0.205 e. The molecule has 0 atom stereocenters. The lowest BCUT2D eigenvalue weighted by atomic mass is 9.97. The van der Waals surface area contributed by atoms with Gasteiger partial charge in [-0.15, -0.1) is 0 Å². The second-order valence-electron chi connectivity index (χ2n) is 6.40. The minimum Gasteiger partial charge on any atom is -0.491 e. The van der Waals surface area contributed by atoms with Gasteiger partial charge in [0.15, 0.2) is 23.1 Å². The number of ether oxygens (including phenoxy) is 2. The monoisotopic (exact) mass is 406 g/mol. The van der Waals surface area contributed by atoms with E-state index in [-0.39, 0.29) is 46.6 Å². The summed E-state index contributed by atoms with van der Waals surface area (Å²) in [5, 5.41) is 0. The van der Waals surface area contributed by atoms with Crippen LogP contribution in [0.1, 0.15) is 25.8 Å². The van der Waals surface area contributed by atoms with Gasteiger partial charge in [0.25, 0.3) is 0 Å². The molecular formula is C23H22F4O2. The largest absolute Gasteiger partial charge is 0.491 e. The van der Waals surface area contributed by atoms with Crippen molar-refractivity contribution >= 4 is 0 Å². The van der Waals surface area contributed by atoms with Crippen molar-refractivity contribution in [1.82, 2.24) is 0 Å². The Morgan fingerprint density at radius 2 is 1.83 bits per heavy atom. The van der Waals surface area contributed by atoms with E-state index in [0.29, 0.717) is 6.42 Å². The Kier molecular flexibility index (Phi) is 6.90. The SMILES string of the molecule is C=C(/C=C(/F)C(=C)CC)C(=C)/C(F)=C1/Oc2c(cc(OCC)c(F)c2F)CC1=C. The van der Waals surface area contributed by atoms with Gasteiger partial charge >= 0.3 is 0 Å². The van der Waals surface area contributed by atoms with Crippen LogP contribution in [0.2, 0.25) is 0 Å². The molecule has 1 aromatic rings. The maximum atomic E-state index is 15.0. The Bertz CT molecular complexity index is 968. The molecule has 0 bridgehead atoms. The lowest BCUT2D eigenvalue weighted by Gasteiger charge is -2.24. The zero-order valence-corrected chi connectivity index (χ0v) is 16.4. The first-order valence-corrected chi connectivity index (χ1v) is 8.95. The molecule has 0 fully saturated rings. The number of allylic oxidation sites excluding steroid dienone is 7. The summed E-state index contributed by atoms with van der Waals surface area (Å²) in [7, 11) is 0. The highest BCUT2D eigenvalue weighted by molar-refractivity contribution is 5.56. The van der Waals surface area contributed by atoms with Gasteiger partial charge in [0.05, 0.1) is 6.61 Å². The van der Waals surface area contributed by atoms with E-state index in [0.717, 1.165) is 6.08 Å². The van der Waals surface area contributed by atoms with Crippen LogP contribution in [0.5, 0.6) is 11.5 Å². The molecule has 0 spiro atoms. The van der Waals surface area contributed by atoms with E-state index in [1.807, 2.05) is 0 Å². The van der Waals surface area contributed by atoms with E-state index in [1.54, 1.807) is 13.8 Å². The van der Waals surface area contributed by atoms with Crippen molar-refractivity contribution in [3.63, 3.8) is 0 Å². The predicted octanol–water partition coefficient (Wildman–Crippen LogP) is 6.97. The zero-order valence-electron chi connectivity index (χ0n) is 16.4. The number of rotatable bonds is 7. The van der Waals surface area contributed by atoms with E-state index in [4.69, 9.17) is 9.47 Å². The summed E-state index contributed by atoms with van der Waals surface area (Å²) < 4.78 is 67.8. The van der Waals surface area contributed by atoms with Crippen molar-refractivity contribution in [2.75, 3.05) is 6.61 Å². The lowest BCUT2D eigenvalue weighted by molar-refractivity contribution is 0.302. The quantitative estimate of drug-likeness (QED) is 0.360.